The Morgan fingerprint density at radius 2 is 1.78 bits per heavy atom. The van der Waals surface area contributed by atoms with E-state index in [1.165, 1.54) is 30.5 Å². The Balaban J connectivity index is 1.77. The van der Waals surface area contributed by atoms with E-state index < -0.39 is 0 Å². The summed E-state index contributed by atoms with van der Waals surface area (Å²) in [4.78, 5) is 2.60. The van der Waals surface area contributed by atoms with Crippen molar-refractivity contribution in [3.05, 3.63) is 58.6 Å². The number of fused-ring (bicyclic) bond motifs is 5. The Kier molecular flexibility index (Phi) is 4.04. The lowest BCUT2D eigenvalue weighted by atomic mass is 9.84. The first kappa shape index (κ1) is 15.0. The highest BCUT2D eigenvalue weighted by molar-refractivity contribution is 6.30. The molecule has 1 saturated heterocycles. The van der Waals surface area contributed by atoms with Gasteiger partial charge in [-0.3, -0.25) is 0 Å². The molecule has 120 valence electrons. The molecule has 3 heteroatoms. The second-order valence-electron chi connectivity index (χ2n) is 6.65. The van der Waals surface area contributed by atoms with Crippen LogP contribution >= 0.6 is 11.6 Å². The Bertz CT molecular complexity index is 715. The van der Waals surface area contributed by atoms with Crippen LogP contribution in [0, 0.1) is 0 Å². The van der Waals surface area contributed by atoms with Gasteiger partial charge in [0, 0.05) is 35.5 Å². The van der Waals surface area contributed by atoms with E-state index in [2.05, 4.69) is 42.2 Å². The van der Waals surface area contributed by atoms with E-state index in [0.717, 1.165) is 29.6 Å². The normalized spacial score (nSPS) is 22.7. The molecule has 0 bridgehead atoms. The molecule has 2 heterocycles. The van der Waals surface area contributed by atoms with Gasteiger partial charge in [-0.1, -0.05) is 43.1 Å². The van der Waals surface area contributed by atoms with Gasteiger partial charge in [0.05, 0.1) is 0 Å². The van der Waals surface area contributed by atoms with Crippen LogP contribution in [0.5, 0.6) is 11.5 Å². The first-order valence-corrected chi connectivity index (χ1v) is 8.92. The summed E-state index contributed by atoms with van der Waals surface area (Å²) in [7, 11) is 0. The average molecular weight is 328 g/mol. The molecule has 23 heavy (non-hydrogen) atoms. The fourth-order valence-electron chi connectivity index (χ4n) is 3.98. The third-order valence-corrected chi connectivity index (χ3v) is 5.37. The van der Waals surface area contributed by atoms with Gasteiger partial charge < -0.3 is 9.64 Å². The first-order valence-electron chi connectivity index (χ1n) is 8.55. The zero-order valence-corrected chi connectivity index (χ0v) is 14.2. The minimum absolute atomic E-state index is 0.462. The second-order valence-corrected chi connectivity index (χ2v) is 7.08. The second kappa shape index (κ2) is 6.18. The lowest BCUT2D eigenvalue weighted by Crippen LogP contribution is -2.22. The zero-order valence-electron chi connectivity index (χ0n) is 13.5. The van der Waals surface area contributed by atoms with Gasteiger partial charge in [-0.25, -0.2) is 0 Å². The van der Waals surface area contributed by atoms with Crippen LogP contribution in [0.1, 0.15) is 42.7 Å². The van der Waals surface area contributed by atoms with Gasteiger partial charge >= 0.3 is 0 Å². The van der Waals surface area contributed by atoms with Crippen molar-refractivity contribution in [3.8, 4) is 11.5 Å². The summed E-state index contributed by atoms with van der Waals surface area (Å²) in [5.74, 6) is 2.92. The lowest BCUT2D eigenvalue weighted by Gasteiger charge is -2.17. The molecular formula is C20H22ClNO. The fourth-order valence-corrected chi connectivity index (χ4v) is 4.16. The summed E-state index contributed by atoms with van der Waals surface area (Å²) in [6.45, 7) is 5.64. The highest BCUT2D eigenvalue weighted by Gasteiger charge is 2.39. The fraction of sp³-hybridized carbons (Fsp3) is 0.400. The minimum Gasteiger partial charge on any atom is -0.457 e. The maximum Gasteiger partial charge on any atom is 0.131 e. The first-order chi connectivity index (χ1) is 11.3. The predicted molar refractivity (Wildman–Crippen MR) is 94.8 cm³/mol. The average Bonchev–Trinajstić information content (AvgIpc) is 2.94. The molecule has 2 aromatic rings. The van der Waals surface area contributed by atoms with Crippen LogP contribution in [0.25, 0.3) is 0 Å². The Morgan fingerprint density at radius 3 is 2.61 bits per heavy atom. The smallest absolute Gasteiger partial charge is 0.131 e. The van der Waals surface area contributed by atoms with E-state index in [0.29, 0.717) is 11.8 Å². The molecule has 0 unspecified atom stereocenters. The molecule has 0 amide bonds. The molecule has 2 nitrogen and oxygen atoms in total. The molecule has 2 aromatic carbocycles. The molecular weight excluding hydrogens is 306 g/mol. The summed E-state index contributed by atoms with van der Waals surface area (Å²) in [6, 6.07) is 14.5. The predicted octanol–water partition coefficient (Wildman–Crippen LogP) is 5.43. The van der Waals surface area contributed by atoms with E-state index in [4.69, 9.17) is 16.3 Å². The van der Waals surface area contributed by atoms with Crippen LogP contribution < -0.4 is 4.74 Å². The van der Waals surface area contributed by atoms with Crippen molar-refractivity contribution < 1.29 is 4.74 Å². The highest BCUT2D eigenvalue weighted by Crippen LogP contribution is 2.50. The van der Waals surface area contributed by atoms with Crippen molar-refractivity contribution in [2.75, 3.05) is 19.6 Å². The molecule has 0 N–H and O–H groups in total. The number of ether oxygens (including phenoxy) is 1. The number of halogens is 1. The number of nitrogens with zero attached hydrogens (tertiary/aromatic N) is 1. The molecule has 0 saturated carbocycles. The molecule has 4 rings (SSSR count). The Morgan fingerprint density at radius 1 is 1.04 bits per heavy atom. The quantitative estimate of drug-likeness (QED) is 0.745. The molecule has 2 aliphatic rings. The van der Waals surface area contributed by atoms with Gasteiger partial charge in [0.2, 0.25) is 0 Å². The van der Waals surface area contributed by atoms with Crippen LogP contribution in [-0.4, -0.2) is 24.5 Å². The van der Waals surface area contributed by atoms with Crippen LogP contribution in [0.15, 0.2) is 42.5 Å². The van der Waals surface area contributed by atoms with Crippen molar-refractivity contribution in [3.63, 3.8) is 0 Å². The summed E-state index contributed by atoms with van der Waals surface area (Å²) >= 11 is 6.28. The summed E-state index contributed by atoms with van der Waals surface area (Å²) in [5.41, 5.74) is 2.60. The summed E-state index contributed by atoms with van der Waals surface area (Å²) in [6.07, 6.45) is 2.51. The maximum absolute atomic E-state index is 6.28. The van der Waals surface area contributed by atoms with Crippen LogP contribution in [0.3, 0.4) is 0 Å². The monoisotopic (exact) mass is 327 g/mol. The largest absolute Gasteiger partial charge is 0.457 e. The van der Waals surface area contributed by atoms with E-state index in [9.17, 15) is 0 Å². The van der Waals surface area contributed by atoms with Crippen molar-refractivity contribution >= 4 is 11.6 Å². The van der Waals surface area contributed by atoms with Gasteiger partial charge in [0.25, 0.3) is 0 Å². The molecule has 0 radical (unpaired) electrons. The van der Waals surface area contributed by atoms with Crippen molar-refractivity contribution in [2.45, 2.75) is 31.6 Å². The van der Waals surface area contributed by atoms with E-state index in [1.54, 1.807) is 0 Å². The van der Waals surface area contributed by atoms with Gasteiger partial charge in [-0.05, 0) is 42.8 Å². The Hall–Kier alpha value is -1.51. The number of para-hydroxylation sites is 1. The van der Waals surface area contributed by atoms with Crippen molar-refractivity contribution in [1.29, 1.82) is 0 Å². The molecule has 1 fully saturated rings. The number of rotatable bonds is 3. The number of hydrogen-bond acceptors (Lipinski definition) is 2. The van der Waals surface area contributed by atoms with Crippen LogP contribution in [0.4, 0.5) is 0 Å². The topological polar surface area (TPSA) is 12.5 Å². The number of unbranched alkanes of at least 4 members (excludes halogenated alkanes) is 1. The van der Waals surface area contributed by atoms with Gasteiger partial charge in [0.1, 0.15) is 11.5 Å². The zero-order chi connectivity index (χ0) is 15.8. The molecule has 0 aromatic heterocycles. The third-order valence-electron chi connectivity index (χ3n) is 5.13. The van der Waals surface area contributed by atoms with Gasteiger partial charge in [-0.2, -0.15) is 0 Å². The third kappa shape index (κ3) is 2.75. The van der Waals surface area contributed by atoms with Gasteiger partial charge in [-0.15, -0.1) is 0 Å². The maximum atomic E-state index is 6.28. The van der Waals surface area contributed by atoms with E-state index >= 15 is 0 Å². The van der Waals surface area contributed by atoms with Crippen molar-refractivity contribution in [2.24, 2.45) is 0 Å². The molecule has 2 atom stereocenters. The van der Waals surface area contributed by atoms with E-state index in [1.807, 2.05) is 12.1 Å². The summed E-state index contributed by atoms with van der Waals surface area (Å²) < 4.78 is 6.23. The summed E-state index contributed by atoms with van der Waals surface area (Å²) in [5, 5.41) is 0.795. The SMILES string of the molecule is CCCCN1C[C@@H]2c3ccccc3Oc3ccc(Cl)cc3[C@H]2C1. The van der Waals surface area contributed by atoms with Crippen LogP contribution in [-0.2, 0) is 0 Å². The Labute approximate surface area is 143 Å². The molecule has 0 aliphatic carbocycles. The van der Waals surface area contributed by atoms with Crippen molar-refractivity contribution in [1.82, 2.24) is 4.90 Å². The van der Waals surface area contributed by atoms with E-state index in [-0.39, 0.29) is 0 Å². The number of hydrogen-bond donors (Lipinski definition) is 0. The number of likely N-dealkylation sites (tertiary alicyclic amines) is 1. The standard InChI is InChI=1S/C20H22ClNO/c1-2-3-10-22-12-17-15-6-4-5-7-19(15)23-20-9-8-14(21)11-16(20)18(17)13-22/h4-9,11,17-18H,2-3,10,12-13H2,1H3/t17-,18-/m1/s1. The highest BCUT2D eigenvalue weighted by atomic mass is 35.5. The molecule has 2 aliphatic heterocycles. The number of benzene rings is 2. The van der Waals surface area contributed by atoms with Crippen LogP contribution in [0.2, 0.25) is 5.02 Å². The van der Waals surface area contributed by atoms with Gasteiger partial charge in [0.15, 0.2) is 0 Å². The molecule has 0 spiro atoms. The minimum atomic E-state index is 0.462. The lowest BCUT2D eigenvalue weighted by molar-refractivity contribution is 0.323.